The van der Waals surface area contributed by atoms with E-state index in [0.29, 0.717) is 13.0 Å². The third-order valence-electron chi connectivity index (χ3n) is 3.63. The molecule has 1 aliphatic rings. The summed E-state index contributed by atoms with van der Waals surface area (Å²) in [6.07, 6.45) is 1.78. The Bertz CT molecular complexity index is 710. The Kier molecular flexibility index (Phi) is 4.84. The van der Waals surface area contributed by atoms with Crippen LogP contribution < -0.4 is 11.2 Å². The van der Waals surface area contributed by atoms with Gasteiger partial charge in [0, 0.05) is 19.3 Å². The normalized spacial score (nSPS) is 21.6. The van der Waals surface area contributed by atoms with Crippen molar-refractivity contribution in [1.82, 2.24) is 14.5 Å². The van der Waals surface area contributed by atoms with E-state index >= 15 is 0 Å². The molecule has 9 heteroatoms. The maximum Gasteiger partial charge on any atom is 0.328 e. The van der Waals surface area contributed by atoms with Gasteiger partial charge >= 0.3 is 11.7 Å². The molecular formula is C13H16BrN3O5. The van der Waals surface area contributed by atoms with Crippen molar-refractivity contribution in [3.05, 3.63) is 31.5 Å². The van der Waals surface area contributed by atoms with Gasteiger partial charge in [-0.25, -0.2) is 4.79 Å². The van der Waals surface area contributed by atoms with Gasteiger partial charge in [0.2, 0.25) is 5.91 Å². The number of amides is 1. The van der Waals surface area contributed by atoms with Crippen LogP contribution in [0.4, 0.5) is 0 Å². The number of aliphatic carboxylic acids is 1. The third kappa shape index (κ3) is 3.65. The summed E-state index contributed by atoms with van der Waals surface area (Å²) in [5.74, 6) is -1.78. The first kappa shape index (κ1) is 16.5. The van der Waals surface area contributed by atoms with E-state index in [1.165, 1.54) is 11.1 Å². The molecule has 1 aliphatic heterocycles. The number of hydrogen-bond acceptors (Lipinski definition) is 4. The lowest BCUT2D eigenvalue weighted by Crippen LogP contribution is -2.47. The SMILES string of the molecule is CC1CC(C(=O)O)CN(C(=O)Cn2cc(Br)c(=O)[nH]c2=O)C1. The number of carboxylic acids is 1. The standard InChI is InChI=1S/C13H16BrN3O5/c1-7-2-8(12(20)21)4-16(3-7)10(18)6-17-5-9(14)11(19)15-13(17)22/h5,7-8H,2-4,6H2,1H3,(H,20,21)(H,15,19,22). The van der Waals surface area contributed by atoms with Crippen molar-refractivity contribution in [2.24, 2.45) is 11.8 Å². The Morgan fingerprint density at radius 2 is 2.09 bits per heavy atom. The lowest BCUT2D eigenvalue weighted by molar-refractivity contribution is -0.147. The Hall–Kier alpha value is -1.90. The van der Waals surface area contributed by atoms with E-state index < -0.39 is 23.1 Å². The van der Waals surface area contributed by atoms with Crippen LogP contribution in [0.2, 0.25) is 0 Å². The summed E-state index contributed by atoms with van der Waals surface area (Å²) < 4.78 is 1.23. The number of hydrogen-bond donors (Lipinski definition) is 2. The fourth-order valence-electron chi connectivity index (χ4n) is 2.58. The molecule has 2 rings (SSSR count). The minimum absolute atomic E-state index is 0.0813. The van der Waals surface area contributed by atoms with Crippen LogP contribution in [-0.2, 0) is 16.1 Å². The van der Waals surface area contributed by atoms with E-state index in [1.807, 2.05) is 6.92 Å². The highest BCUT2D eigenvalue weighted by molar-refractivity contribution is 9.10. The fraction of sp³-hybridized carbons (Fsp3) is 0.538. The third-order valence-corrected chi connectivity index (χ3v) is 4.20. The van der Waals surface area contributed by atoms with Gasteiger partial charge in [0.05, 0.1) is 10.4 Å². The molecule has 0 aromatic carbocycles. The van der Waals surface area contributed by atoms with Crippen LogP contribution in [0.3, 0.4) is 0 Å². The maximum absolute atomic E-state index is 12.3. The van der Waals surface area contributed by atoms with E-state index in [9.17, 15) is 19.2 Å². The van der Waals surface area contributed by atoms with Crippen LogP contribution in [0.15, 0.2) is 20.3 Å². The largest absolute Gasteiger partial charge is 0.481 e. The summed E-state index contributed by atoms with van der Waals surface area (Å²) in [6, 6.07) is 0. The number of likely N-dealkylation sites (tertiary alicyclic amines) is 1. The number of carboxylic acid groups (broad SMARTS) is 1. The zero-order valence-corrected chi connectivity index (χ0v) is 13.5. The summed E-state index contributed by atoms with van der Waals surface area (Å²) in [5.41, 5.74) is -1.24. The Morgan fingerprint density at radius 3 is 2.73 bits per heavy atom. The average Bonchev–Trinajstić information content (AvgIpc) is 2.43. The minimum Gasteiger partial charge on any atom is -0.481 e. The van der Waals surface area contributed by atoms with Crippen LogP contribution in [0.25, 0.3) is 0 Å². The Balaban J connectivity index is 2.15. The number of H-pyrrole nitrogens is 1. The molecule has 1 saturated heterocycles. The van der Waals surface area contributed by atoms with Crippen molar-refractivity contribution in [2.75, 3.05) is 13.1 Å². The van der Waals surface area contributed by atoms with E-state index in [1.54, 1.807) is 0 Å². The van der Waals surface area contributed by atoms with Gasteiger partial charge in [0.25, 0.3) is 5.56 Å². The molecule has 1 amide bonds. The van der Waals surface area contributed by atoms with Crippen molar-refractivity contribution in [1.29, 1.82) is 0 Å². The van der Waals surface area contributed by atoms with Gasteiger partial charge < -0.3 is 10.0 Å². The van der Waals surface area contributed by atoms with Crippen LogP contribution in [-0.4, -0.2) is 44.5 Å². The van der Waals surface area contributed by atoms with Crippen molar-refractivity contribution in [2.45, 2.75) is 19.9 Å². The molecule has 2 heterocycles. The summed E-state index contributed by atoms with van der Waals surface area (Å²) in [6.45, 7) is 2.24. The van der Waals surface area contributed by atoms with Crippen LogP contribution in [0.5, 0.6) is 0 Å². The number of aromatic amines is 1. The van der Waals surface area contributed by atoms with E-state index in [2.05, 4.69) is 20.9 Å². The van der Waals surface area contributed by atoms with E-state index in [0.717, 1.165) is 4.57 Å². The monoisotopic (exact) mass is 373 g/mol. The number of carbonyl (C=O) groups excluding carboxylic acids is 1. The van der Waals surface area contributed by atoms with Gasteiger partial charge in [0.15, 0.2) is 0 Å². The Labute approximate surface area is 133 Å². The molecule has 1 aromatic rings. The molecule has 0 aliphatic carbocycles. The number of aromatic nitrogens is 2. The predicted octanol–water partition coefficient (Wildman–Crippen LogP) is -0.132. The second-order valence-electron chi connectivity index (χ2n) is 5.54. The number of nitrogens with one attached hydrogen (secondary N) is 1. The molecule has 2 N–H and O–H groups in total. The summed E-state index contributed by atoms with van der Waals surface area (Å²) in [4.78, 5) is 49.9. The lowest BCUT2D eigenvalue weighted by Gasteiger charge is -2.34. The molecule has 0 radical (unpaired) electrons. The summed E-state index contributed by atoms with van der Waals surface area (Å²) in [5, 5.41) is 9.12. The van der Waals surface area contributed by atoms with Crippen molar-refractivity contribution in [3.63, 3.8) is 0 Å². The van der Waals surface area contributed by atoms with Crippen LogP contribution >= 0.6 is 15.9 Å². The van der Waals surface area contributed by atoms with Gasteiger partial charge in [-0.15, -0.1) is 0 Å². The molecule has 0 saturated carbocycles. The fourth-order valence-corrected chi connectivity index (χ4v) is 2.93. The van der Waals surface area contributed by atoms with Crippen LogP contribution in [0, 0.1) is 11.8 Å². The molecule has 0 spiro atoms. The van der Waals surface area contributed by atoms with Crippen LogP contribution in [0.1, 0.15) is 13.3 Å². The molecule has 0 bridgehead atoms. The second-order valence-corrected chi connectivity index (χ2v) is 6.39. The molecule has 1 aromatic heterocycles. The highest BCUT2D eigenvalue weighted by atomic mass is 79.9. The molecule has 120 valence electrons. The first-order chi connectivity index (χ1) is 10.3. The van der Waals surface area contributed by atoms with E-state index in [-0.39, 0.29) is 29.4 Å². The van der Waals surface area contributed by atoms with E-state index in [4.69, 9.17) is 5.11 Å². The van der Waals surface area contributed by atoms with Gasteiger partial charge in [-0.3, -0.25) is 23.9 Å². The molecule has 2 atom stereocenters. The molecule has 1 fully saturated rings. The quantitative estimate of drug-likeness (QED) is 0.765. The van der Waals surface area contributed by atoms with Crippen molar-refractivity contribution >= 4 is 27.8 Å². The molecule has 2 unspecified atom stereocenters. The second kappa shape index (κ2) is 6.47. The first-order valence-corrected chi connectivity index (χ1v) is 7.57. The average molecular weight is 374 g/mol. The highest BCUT2D eigenvalue weighted by Gasteiger charge is 2.31. The summed E-state index contributed by atoms with van der Waals surface area (Å²) >= 11 is 3.00. The summed E-state index contributed by atoms with van der Waals surface area (Å²) in [7, 11) is 0. The number of halogens is 1. The van der Waals surface area contributed by atoms with Crippen molar-refractivity contribution < 1.29 is 14.7 Å². The molecule has 8 nitrogen and oxygen atoms in total. The van der Waals surface area contributed by atoms with Gasteiger partial charge in [-0.1, -0.05) is 6.92 Å². The number of rotatable bonds is 3. The number of carbonyl (C=O) groups is 2. The zero-order chi connectivity index (χ0) is 16.4. The highest BCUT2D eigenvalue weighted by Crippen LogP contribution is 2.22. The zero-order valence-electron chi connectivity index (χ0n) is 11.9. The Morgan fingerprint density at radius 1 is 1.41 bits per heavy atom. The predicted molar refractivity (Wildman–Crippen MR) is 80.5 cm³/mol. The molecular weight excluding hydrogens is 358 g/mol. The van der Waals surface area contributed by atoms with Gasteiger partial charge in [-0.2, -0.15) is 0 Å². The first-order valence-electron chi connectivity index (χ1n) is 6.77. The lowest BCUT2D eigenvalue weighted by atomic mass is 9.90. The minimum atomic E-state index is -0.923. The number of nitrogens with zero attached hydrogens (tertiary/aromatic N) is 2. The van der Waals surface area contributed by atoms with Crippen molar-refractivity contribution in [3.8, 4) is 0 Å². The molecule has 22 heavy (non-hydrogen) atoms. The van der Waals surface area contributed by atoms with Gasteiger partial charge in [0.1, 0.15) is 6.54 Å². The van der Waals surface area contributed by atoms with Gasteiger partial charge in [-0.05, 0) is 28.3 Å². The number of piperidine rings is 1. The maximum atomic E-state index is 12.3. The topological polar surface area (TPSA) is 112 Å². The smallest absolute Gasteiger partial charge is 0.328 e.